The molecule has 0 radical (unpaired) electrons. The van der Waals surface area contributed by atoms with Crippen molar-refractivity contribution in [3.8, 4) is 11.3 Å². The van der Waals surface area contributed by atoms with E-state index in [1.807, 2.05) is 29.4 Å². The van der Waals surface area contributed by atoms with Crippen LogP contribution in [0.2, 0.25) is 0 Å². The minimum atomic E-state index is 0.166. The van der Waals surface area contributed by atoms with Crippen LogP contribution in [0.3, 0.4) is 0 Å². The summed E-state index contributed by atoms with van der Waals surface area (Å²) in [6, 6.07) is 12.8. The highest BCUT2D eigenvalue weighted by atomic mass is 16.2. The third kappa shape index (κ3) is 3.34. The molecule has 3 aromatic rings. The number of aromatic nitrogens is 3. The van der Waals surface area contributed by atoms with E-state index in [1.54, 1.807) is 6.92 Å². The number of pyridine rings is 1. The maximum absolute atomic E-state index is 11.6. The average molecular weight is 362 g/mol. The normalized spacial score (nSPS) is 15.6. The second-order valence-electron chi connectivity index (χ2n) is 7.66. The van der Waals surface area contributed by atoms with Crippen molar-refractivity contribution < 1.29 is 4.79 Å². The van der Waals surface area contributed by atoms with Crippen molar-refractivity contribution in [2.24, 2.45) is 0 Å². The molecule has 1 aliphatic heterocycles. The zero-order valence-corrected chi connectivity index (χ0v) is 16.2. The lowest BCUT2D eigenvalue weighted by Gasteiger charge is -2.31. The molecule has 1 amide bonds. The molecule has 0 spiro atoms. The quantitative estimate of drug-likeness (QED) is 0.694. The van der Waals surface area contributed by atoms with Gasteiger partial charge < -0.3 is 9.47 Å². The van der Waals surface area contributed by atoms with Gasteiger partial charge in [-0.3, -0.25) is 9.78 Å². The predicted octanol–water partition coefficient (Wildman–Crippen LogP) is 4.41. The van der Waals surface area contributed by atoms with E-state index in [0.29, 0.717) is 12.0 Å². The summed E-state index contributed by atoms with van der Waals surface area (Å²) in [5.74, 6) is 0.544. The standard InChI is InChI=1S/C22H26N4O/c1-15(2)26-14-23-22-20(26)13-19(17-9-11-25(12-10-17)16(3)27)24-21(22)18-7-5-4-6-8-18/h4-8,13-15,17H,9-12H2,1-3H3. The van der Waals surface area contributed by atoms with E-state index in [4.69, 9.17) is 4.98 Å². The lowest BCUT2D eigenvalue weighted by atomic mass is 9.92. The van der Waals surface area contributed by atoms with Crippen LogP contribution in [-0.4, -0.2) is 38.4 Å². The van der Waals surface area contributed by atoms with Gasteiger partial charge >= 0.3 is 0 Å². The van der Waals surface area contributed by atoms with Gasteiger partial charge in [-0.2, -0.15) is 0 Å². The molecular weight excluding hydrogens is 336 g/mol. The Morgan fingerprint density at radius 2 is 1.85 bits per heavy atom. The van der Waals surface area contributed by atoms with Crippen molar-refractivity contribution in [3.05, 3.63) is 48.4 Å². The molecule has 2 aromatic heterocycles. The number of fused-ring (bicyclic) bond motifs is 1. The van der Waals surface area contributed by atoms with Gasteiger partial charge in [0.1, 0.15) is 5.52 Å². The molecule has 1 aromatic carbocycles. The zero-order valence-electron chi connectivity index (χ0n) is 16.2. The van der Waals surface area contributed by atoms with Gasteiger partial charge in [0.15, 0.2) is 0 Å². The van der Waals surface area contributed by atoms with Crippen LogP contribution in [0.25, 0.3) is 22.3 Å². The highest BCUT2D eigenvalue weighted by molar-refractivity contribution is 5.90. The second kappa shape index (κ2) is 7.14. The van der Waals surface area contributed by atoms with Crippen molar-refractivity contribution >= 4 is 16.9 Å². The van der Waals surface area contributed by atoms with E-state index < -0.39 is 0 Å². The number of carbonyl (C=O) groups excluding carboxylic acids is 1. The van der Waals surface area contributed by atoms with Crippen LogP contribution >= 0.6 is 0 Å². The Balaban J connectivity index is 1.79. The van der Waals surface area contributed by atoms with E-state index in [2.05, 4.69) is 41.6 Å². The van der Waals surface area contributed by atoms with Gasteiger partial charge in [-0.25, -0.2) is 4.98 Å². The van der Waals surface area contributed by atoms with Crippen LogP contribution in [-0.2, 0) is 4.79 Å². The number of imidazole rings is 1. The fourth-order valence-electron chi connectivity index (χ4n) is 3.96. The van der Waals surface area contributed by atoms with Crippen LogP contribution in [0.15, 0.2) is 42.7 Å². The monoisotopic (exact) mass is 362 g/mol. The molecule has 27 heavy (non-hydrogen) atoms. The Hall–Kier alpha value is -2.69. The van der Waals surface area contributed by atoms with Crippen LogP contribution in [0.5, 0.6) is 0 Å². The van der Waals surface area contributed by atoms with E-state index in [1.165, 1.54) is 0 Å². The number of nitrogens with zero attached hydrogens (tertiary/aromatic N) is 4. The fourth-order valence-corrected chi connectivity index (χ4v) is 3.96. The third-order valence-corrected chi connectivity index (χ3v) is 5.54. The summed E-state index contributed by atoms with van der Waals surface area (Å²) in [5.41, 5.74) is 5.27. The molecule has 1 saturated heterocycles. The SMILES string of the molecule is CC(=O)N1CCC(c2cc3c(ncn3C(C)C)c(-c3ccccc3)n2)CC1. The minimum absolute atomic E-state index is 0.166. The van der Waals surface area contributed by atoms with Crippen molar-refractivity contribution in [1.29, 1.82) is 0 Å². The third-order valence-electron chi connectivity index (χ3n) is 5.54. The van der Waals surface area contributed by atoms with Gasteiger partial charge in [0.05, 0.1) is 17.5 Å². The summed E-state index contributed by atoms with van der Waals surface area (Å²) in [4.78, 5) is 23.3. The van der Waals surface area contributed by atoms with Crippen LogP contribution in [0, 0.1) is 0 Å². The summed E-state index contributed by atoms with van der Waals surface area (Å²) in [7, 11) is 0. The Bertz CT molecular complexity index is 953. The molecule has 4 rings (SSSR count). The van der Waals surface area contributed by atoms with Crippen molar-refractivity contribution in [1.82, 2.24) is 19.4 Å². The molecular formula is C22H26N4O. The molecule has 0 unspecified atom stereocenters. The number of rotatable bonds is 3. The molecule has 3 heterocycles. The van der Waals surface area contributed by atoms with E-state index in [0.717, 1.165) is 53.9 Å². The van der Waals surface area contributed by atoms with Gasteiger partial charge in [-0.15, -0.1) is 0 Å². The number of hydrogen-bond acceptors (Lipinski definition) is 3. The summed E-state index contributed by atoms with van der Waals surface area (Å²) >= 11 is 0. The number of carbonyl (C=O) groups is 1. The molecule has 1 aliphatic rings. The molecule has 0 bridgehead atoms. The summed E-state index contributed by atoms with van der Waals surface area (Å²) in [6.45, 7) is 7.62. The van der Waals surface area contributed by atoms with Gasteiger partial charge in [-0.1, -0.05) is 30.3 Å². The smallest absolute Gasteiger partial charge is 0.219 e. The van der Waals surface area contributed by atoms with Crippen LogP contribution in [0.1, 0.15) is 51.3 Å². The lowest BCUT2D eigenvalue weighted by molar-refractivity contribution is -0.129. The Labute approximate surface area is 160 Å². The summed E-state index contributed by atoms with van der Waals surface area (Å²) in [6.07, 6.45) is 3.84. The van der Waals surface area contributed by atoms with E-state index in [9.17, 15) is 4.79 Å². The Kier molecular flexibility index (Phi) is 4.68. The first-order chi connectivity index (χ1) is 13.0. The second-order valence-corrected chi connectivity index (χ2v) is 7.66. The first kappa shape index (κ1) is 17.7. The van der Waals surface area contributed by atoms with Crippen molar-refractivity contribution in [2.75, 3.05) is 13.1 Å². The van der Waals surface area contributed by atoms with Crippen molar-refractivity contribution in [3.63, 3.8) is 0 Å². The molecule has 5 nitrogen and oxygen atoms in total. The van der Waals surface area contributed by atoms with Crippen molar-refractivity contribution in [2.45, 2.75) is 45.6 Å². The van der Waals surface area contributed by atoms with Crippen LogP contribution < -0.4 is 0 Å². The van der Waals surface area contributed by atoms with E-state index >= 15 is 0 Å². The summed E-state index contributed by atoms with van der Waals surface area (Å²) in [5, 5.41) is 0. The maximum atomic E-state index is 11.6. The number of amides is 1. The molecule has 0 atom stereocenters. The largest absolute Gasteiger partial charge is 0.343 e. The predicted molar refractivity (Wildman–Crippen MR) is 108 cm³/mol. The average Bonchev–Trinajstić information content (AvgIpc) is 3.12. The lowest BCUT2D eigenvalue weighted by Crippen LogP contribution is -2.36. The zero-order chi connectivity index (χ0) is 19.0. The molecule has 140 valence electrons. The number of hydrogen-bond donors (Lipinski definition) is 0. The molecule has 0 aliphatic carbocycles. The minimum Gasteiger partial charge on any atom is -0.343 e. The highest BCUT2D eigenvalue weighted by Crippen LogP contribution is 2.33. The first-order valence-corrected chi connectivity index (χ1v) is 9.73. The Morgan fingerprint density at radius 3 is 2.48 bits per heavy atom. The van der Waals surface area contributed by atoms with Gasteiger partial charge in [-0.05, 0) is 32.8 Å². The summed E-state index contributed by atoms with van der Waals surface area (Å²) < 4.78 is 2.22. The highest BCUT2D eigenvalue weighted by Gasteiger charge is 2.25. The first-order valence-electron chi connectivity index (χ1n) is 9.73. The van der Waals surface area contributed by atoms with Gasteiger partial charge in [0, 0.05) is 43.2 Å². The van der Waals surface area contributed by atoms with Crippen LogP contribution in [0.4, 0.5) is 0 Å². The number of benzene rings is 1. The number of piperidine rings is 1. The van der Waals surface area contributed by atoms with E-state index in [-0.39, 0.29) is 5.91 Å². The topological polar surface area (TPSA) is 51.0 Å². The molecule has 5 heteroatoms. The van der Waals surface area contributed by atoms with Gasteiger partial charge in [0.2, 0.25) is 5.91 Å². The number of likely N-dealkylation sites (tertiary alicyclic amines) is 1. The fraction of sp³-hybridized carbons (Fsp3) is 0.409. The van der Waals surface area contributed by atoms with Gasteiger partial charge in [0.25, 0.3) is 0 Å². The molecule has 0 N–H and O–H groups in total. The molecule has 0 saturated carbocycles. The maximum Gasteiger partial charge on any atom is 0.219 e. The Morgan fingerprint density at radius 1 is 1.15 bits per heavy atom. The molecule has 1 fully saturated rings.